The molecule has 2 unspecified atom stereocenters. The van der Waals surface area contributed by atoms with Crippen molar-refractivity contribution in [3.63, 3.8) is 0 Å². The maximum Gasteiger partial charge on any atom is 0.573 e. The quantitative estimate of drug-likeness (QED) is 0.135. The zero-order chi connectivity index (χ0) is 35.5. The van der Waals surface area contributed by atoms with Crippen LogP contribution in [-0.4, -0.2) is 53.2 Å². The molecule has 0 fully saturated rings. The van der Waals surface area contributed by atoms with E-state index in [9.17, 15) is 39.6 Å². The molecule has 1 aliphatic rings. The number of nitrogens with one attached hydrogen (secondary N) is 1. The van der Waals surface area contributed by atoms with E-state index in [1.54, 1.807) is 29.2 Å². The van der Waals surface area contributed by atoms with E-state index in [1.807, 2.05) is 24.3 Å². The summed E-state index contributed by atoms with van der Waals surface area (Å²) in [5.41, 5.74) is -0.968. The van der Waals surface area contributed by atoms with E-state index >= 15 is 0 Å². The number of ether oxygens (including phenoxy) is 3. The first-order valence-corrected chi connectivity index (χ1v) is 16.3. The molecular weight excluding hydrogens is 678 g/mol. The molecule has 8 nitrogen and oxygen atoms in total. The van der Waals surface area contributed by atoms with Gasteiger partial charge in [0.15, 0.2) is 0 Å². The van der Waals surface area contributed by atoms with E-state index in [1.165, 1.54) is 18.2 Å². The van der Waals surface area contributed by atoms with Gasteiger partial charge in [-0.2, -0.15) is 13.2 Å². The number of sulfonamides is 1. The van der Waals surface area contributed by atoms with Gasteiger partial charge in [-0.25, -0.2) is 17.9 Å². The lowest BCUT2D eigenvalue weighted by atomic mass is 9.92. The third kappa shape index (κ3) is 7.84. The van der Waals surface area contributed by atoms with Crippen LogP contribution >= 0.6 is 0 Å². The van der Waals surface area contributed by atoms with Gasteiger partial charge in [0.05, 0.1) is 11.4 Å². The van der Waals surface area contributed by atoms with E-state index in [4.69, 9.17) is 9.47 Å². The summed E-state index contributed by atoms with van der Waals surface area (Å²) >= 11 is 0. The van der Waals surface area contributed by atoms with Crippen molar-refractivity contribution in [2.24, 2.45) is 0 Å². The van der Waals surface area contributed by atoms with Crippen molar-refractivity contribution in [1.29, 1.82) is 0 Å². The summed E-state index contributed by atoms with van der Waals surface area (Å²) < 4.78 is 125. The molecule has 1 aliphatic heterocycles. The van der Waals surface area contributed by atoms with Crippen LogP contribution in [0.1, 0.15) is 16.7 Å². The third-order valence-electron chi connectivity index (χ3n) is 7.93. The van der Waals surface area contributed by atoms with Gasteiger partial charge >= 0.3 is 18.5 Å². The Morgan fingerprint density at radius 3 is 1.84 bits per heavy atom. The molecule has 0 amide bonds. The van der Waals surface area contributed by atoms with Gasteiger partial charge in [0.2, 0.25) is 10.0 Å². The molecule has 2 atom stereocenters. The molecule has 0 saturated heterocycles. The molecule has 0 bridgehead atoms. The van der Waals surface area contributed by atoms with E-state index in [2.05, 4.69) is 9.46 Å². The minimum Gasteiger partial charge on any atom is -0.456 e. The first-order valence-electron chi connectivity index (χ1n) is 14.8. The number of benzene rings is 4. The fraction of sp³-hybridized carbons (Fsp3) is 0.265. The number of aryl methyl sites for hydroxylation is 2. The molecule has 0 saturated carbocycles. The third-order valence-corrected chi connectivity index (χ3v) is 9.37. The Balaban J connectivity index is 1.52. The van der Waals surface area contributed by atoms with E-state index in [0.29, 0.717) is 31.3 Å². The number of esters is 1. The number of halogens is 6. The highest BCUT2D eigenvalue weighted by Crippen LogP contribution is 2.43. The molecule has 4 aromatic rings. The Morgan fingerprint density at radius 1 is 0.796 bits per heavy atom. The minimum atomic E-state index is -5.30. The van der Waals surface area contributed by atoms with Crippen LogP contribution in [0, 0.1) is 0 Å². The topological polar surface area (TPSA) is 94.2 Å². The summed E-state index contributed by atoms with van der Waals surface area (Å²) in [4.78, 5) is 15.0. The second-order valence-electron chi connectivity index (χ2n) is 11.0. The average Bonchev–Trinajstić information content (AvgIpc) is 3.20. The second-order valence-corrected chi connectivity index (χ2v) is 12.8. The number of carbonyl (C=O) groups is 1. The number of carbonyl (C=O) groups excluding carboxylic acids is 1. The minimum absolute atomic E-state index is 0.299. The van der Waals surface area contributed by atoms with E-state index in [-0.39, 0.29) is 6.54 Å². The van der Waals surface area contributed by atoms with Gasteiger partial charge < -0.3 is 19.1 Å². The Hall–Kier alpha value is -4.60. The summed E-state index contributed by atoms with van der Waals surface area (Å²) in [7, 11) is -3.78. The predicted octanol–water partition coefficient (Wildman–Crippen LogP) is 6.82. The number of fused-ring (bicyclic) bond motifs is 2. The van der Waals surface area contributed by atoms with Gasteiger partial charge in [0.1, 0.15) is 11.9 Å². The Labute approximate surface area is 278 Å². The maximum atomic E-state index is 14.8. The number of para-hydroxylation sites is 2. The molecule has 1 heterocycles. The highest BCUT2D eigenvalue weighted by atomic mass is 32.2. The number of nitrogens with zero attached hydrogens (tertiary/aromatic N) is 1. The molecule has 49 heavy (non-hydrogen) atoms. The maximum absolute atomic E-state index is 14.8. The predicted molar refractivity (Wildman–Crippen MR) is 167 cm³/mol. The van der Waals surface area contributed by atoms with Gasteiger partial charge in [-0.15, -0.1) is 13.2 Å². The monoisotopic (exact) mass is 708 g/mol. The summed E-state index contributed by atoms with van der Waals surface area (Å²) in [5, 5.41) is 0. The largest absolute Gasteiger partial charge is 0.573 e. The molecule has 1 N–H and O–H groups in total. The highest BCUT2D eigenvalue weighted by Gasteiger charge is 2.64. The summed E-state index contributed by atoms with van der Waals surface area (Å²) in [6.45, 7) is -1.02. The molecule has 0 radical (unpaired) electrons. The van der Waals surface area contributed by atoms with Gasteiger partial charge in [0, 0.05) is 30.6 Å². The van der Waals surface area contributed by atoms with Crippen molar-refractivity contribution in [1.82, 2.24) is 4.72 Å². The van der Waals surface area contributed by atoms with Crippen LogP contribution in [0.2, 0.25) is 0 Å². The standard InChI is InChI=1S/C34H30F6N2O6S/c1-46-32(33(35,36)37,25-11-3-2-4-12-25)31(43)47-27(21-41-49(44,45)28-19-17-26(18-20-28)48-34(38,39)40)22-42-29-13-7-5-9-23(29)15-16-24-10-6-8-14-30(24)42/h2-14,17-20,27,41H,15-16,21-22H2,1H3. The van der Waals surface area contributed by atoms with Gasteiger partial charge in [-0.05, 0) is 60.4 Å². The molecule has 0 spiro atoms. The zero-order valence-electron chi connectivity index (χ0n) is 25.8. The molecular formula is C34H30F6N2O6S. The fourth-order valence-electron chi connectivity index (χ4n) is 5.64. The Bertz CT molecular complexity index is 1820. The van der Waals surface area contributed by atoms with Gasteiger partial charge in [0.25, 0.3) is 5.60 Å². The van der Waals surface area contributed by atoms with Crippen LogP contribution in [0.5, 0.6) is 5.75 Å². The smallest absolute Gasteiger partial charge is 0.456 e. The molecule has 0 aliphatic carbocycles. The molecule has 5 rings (SSSR count). The Kier molecular flexibility index (Phi) is 10.3. The lowest BCUT2D eigenvalue weighted by Gasteiger charge is -2.35. The van der Waals surface area contributed by atoms with Crippen molar-refractivity contribution in [2.75, 3.05) is 25.1 Å². The highest BCUT2D eigenvalue weighted by molar-refractivity contribution is 7.89. The van der Waals surface area contributed by atoms with Gasteiger partial charge in [-0.1, -0.05) is 66.7 Å². The first-order chi connectivity index (χ1) is 23.1. The van der Waals surface area contributed by atoms with Crippen LogP contribution in [0.3, 0.4) is 0 Å². The van der Waals surface area contributed by atoms with Crippen molar-refractivity contribution < 1.29 is 53.8 Å². The first kappa shape index (κ1) is 35.7. The lowest BCUT2D eigenvalue weighted by molar-refractivity contribution is -0.278. The Morgan fingerprint density at radius 2 is 1.33 bits per heavy atom. The number of hydrogen-bond donors (Lipinski definition) is 1. The lowest BCUT2D eigenvalue weighted by Crippen LogP contribution is -2.54. The van der Waals surface area contributed by atoms with Crippen LogP contribution in [-0.2, 0) is 42.7 Å². The van der Waals surface area contributed by atoms with E-state index in [0.717, 1.165) is 47.5 Å². The summed E-state index contributed by atoms with van der Waals surface area (Å²) in [6, 6.07) is 24.0. The van der Waals surface area contributed by atoms with Crippen molar-refractivity contribution in [3.8, 4) is 5.75 Å². The number of anilines is 2. The molecule has 0 aromatic heterocycles. The SMILES string of the molecule is COC(C(=O)OC(CNS(=O)(=O)c1ccc(OC(F)(F)F)cc1)CN1c2ccccc2CCc2ccccc21)(c1ccccc1)C(F)(F)F. The van der Waals surface area contributed by atoms with Crippen LogP contribution < -0.4 is 14.4 Å². The second kappa shape index (κ2) is 14.1. The van der Waals surface area contributed by atoms with Crippen molar-refractivity contribution >= 4 is 27.4 Å². The number of methoxy groups -OCH3 is 1. The number of alkyl halides is 6. The normalized spacial score (nSPS) is 15.3. The van der Waals surface area contributed by atoms with Gasteiger partial charge in [-0.3, -0.25) is 0 Å². The van der Waals surface area contributed by atoms with Crippen LogP contribution in [0.15, 0.2) is 108 Å². The molecule has 4 aromatic carbocycles. The van der Waals surface area contributed by atoms with Crippen LogP contribution in [0.4, 0.5) is 37.7 Å². The fourth-order valence-corrected chi connectivity index (χ4v) is 6.71. The van der Waals surface area contributed by atoms with Crippen LogP contribution in [0.25, 0.3) is 0 Å². The zero-order valence-corrected chi connectivity index (χ0v) is 26.6. The molecule has 260 valence electrons. The summed E-state index contributed by atoms with van der Waals surface area (Å²) in [5.74, 6) is -2.50. The number of rotatable bonds is 11. The number of hydrogen-bond acceptors (Lipinski definition) is 7. The summed E-state index contributed by atoms with van der Waals surface area (Å²) in [6.07, 6.45) is -10.6. The van der Waals surface area contributed by atoms with E-state index < -0.39 is 63.0 Å². The van der Waals surface area contributed by atoms with Crippen molar-refractivity contribution in [2.45, 2.75) is 42.0 Å². The molecule has 15 heteroatoms. The average molecular weight is 709 g/mol. The van der Waals surface area contributed by atoms with Crippen molar-refractivity contribution in [3.05, 3.63) is 120 Å².